The third kappa shape index (κ3) is 11.6. The Hall–Kier alpha value is -1.83. The second kappa shape index (κ2) is 20.4. The summed E-state index contributed by atoms with van der Waals surface area (Å²) in [6, 6.07) is 18.3. The summed E-state index contributed by atoms with van der Waals surface area (Å²) in [6.07, 6.45) is 0.977. The maximum Gasteiger partial charge on any atom is 0.200 e. The van der Waals surface area contributed by atoms with Crippen molar-refractivity contribution in [3.05, 3.63) is 77.4 Å². The molecule has 0 aliphatic carbocycles. The maximum absolute atomic E-state index is 7.35. The Morgan fingerprint density at radius 2 is 1.19 bits per heavy atom. The van der Waals surface area contributed by atoms with Gasteiger partial charge in [0.2, 0.25) is 16.6 Å². The minimum atomic E-state index is -2.25. The maximum atomic E-state index is 7.35. The molecule has 1 aliphatic rings. The summed E-state index contributed by atoms with van der Waals surface area (Å²) in [5.41, 5.74) is 5.92. The van der Waals surface area contributed by atoms with Crippen LogP contribution < -0.4 is 4.74 Å². The van der Waals surface area contributed by atoms with Crippen LogP contribution in [0.2, 0.25) is 33.2 Å². The Kier molecular flexibility index (Phi) is 17.5. The summed E-state index contributed by atoms with van der Waals surface area (Å²) >= 11 is 0. The van der Waals surface area contributed by atoms with Crippen LogP contribution in [0, 0.1) is 0 Å². The molecule has 2 aromatic carbocycles. The Labute approximate surface area is 325 Å². The molecule has 0 radical (unpaired) electrons. The Morgan fingerprint density at radius 3 is 1.70 bits per heavy atom. The third-order valence-electron chi connectivity index (χ3n) is 11.4. The molecule has 2 aromatic rings. The molecule has 1 aliphatic heterocycles. The molecule has 0 N–H and O–H groups in total. The molecule has 7 nitrogen and oxygen atoms in total. The fourth-order valence-corrected chi connectivity index (χ4v) is 20.0. The molecule has 1 fully saturated rings. The van der Waals surface area contributed by atoms with Crippen molar-refractivity contribution in [3.63, 3.8) is 0 Å². The fraction of sp³-hybridized carbons (Fsp3) is 0.682. The molecule has 3 atom stereocenters. The molecular weight excluding hydrogens is 697 g/mol. The van der Waals surface area contributed by atoms with Crippen molar-refractivity contribution in [2.24, 2.45) is 0 Å². The summed E-state index contributed by atoms with van der Waals surface area (Å²) < 4.78 is 46.7. The van der Waals surface area contributed by atoms with Gasteiger partial charge in [-0.3, -0.25) is 0 Å². The van der Waals surface area contributed by atoms with Crippen LogP contribution in [0.1, 0.15) is 108 Å². The second-order valence-electron chi connectivity index (χ2n) is 17.2. The van der Waals surface area contributed by atoms with Gasteiger partial charge < -0.3 is 32.5 Å². The highest BCUT2D eigenvalue weighted by Crippen LogP contribution is 2.44. The first kappa shape index (κ1) is 45.6. The van der Waals surface area contributed by atoms with E-state index in [-0.39, 0.29) is 6.10 Å². The summed E-state index contributed by atoms with van der Waals surface area (Å²) in [6.45, 7) is 34.1. The minimum absolute atomic E-state index is 0.364. The molecule has 0 unspecified atom stereocenters. The van der Waals surface area contributed by atoms with E-state index in [1.807, 2.05) is 44.2 Å². The summed E-state index contributed by atoms with van der Waals surface area (Å²) in [5, 5.41) is 0. The number of rotatable bonds is 22. The zero-order valence-corrected chi connectivity index (χ0v) is 37.9. The van der Waals surface area contributed by atoms with E-state index in [1.165, 1.54) is 0 Å². The minimum Gasteiger partial charge on any atom is -0.497 e. The van der Waals surface area contributed by atoms with Gasteiger partial charge in [0.25, 0.3) is 0 Å². The molecule has 0 aromatic heterocycles. The van der Waals surface area contributed by atoms with Crippen molar-refractivity contribution in [1.29, 1.82) is 0 Å². The SMILES string of the molecule is COc1ccc(CO[C@@H](/C(=C/CO[Si](C(C)C)(C(C)C)C(C)C)CO[Si](C(C)C)(C(C)C)C(C)C)[C@@H]2OC(C)(C)O[C@H]2COCc2ccccc2)cc1. The van der Waals surface area contributed by atoms with Crippen molar-refractivity contribution in [2.45, 2.75) is 167 Å². The molecule has 9 heteroatoms. The lowest BCUT2D eigenvalue weighted by Gasteiger charge is -2.43. The Morgan fingerprint density at radius 1 is 0.679 bits per heavy atom. The molecule has 300 valence electrons. The van der Waals surface area contributed by atoms with Gasteiger partial charge in [-0.1, -0.05) is 132 Å². The van der Waals surface area contributed by atoms with Crippen molar-refractivity contribution in [1.82, 2.24) is 0 Å². The van der Waals surface area contributed by atoms with E-state index < -0.39 is 34.6 Å². The van der Waals surface area contributed by atoms with E-state index in [9.17, 15) is 0 Å². The van der Waals surface area contributed by atoms with Gasteiger partial charge in [-0.15, -0.1) is 0 Å². The smallest absolute Gasteiger partial charge is 0.200 e. The van der Waals surface area contributed by atoms with Crippen LogP contribution >= 0.6 is 0 Å². The lowest BCUT2D eigenvalue weighted by molar-refractivity contribution is -0.160. The number of benzene rings is 2. The van der Waals surface area contributed by atoms with E-state index in [4.69, 9.17) is 32.5 Å². The molecular formula is C44H74O7Si2. The number of ether oxygens (including phenoxy) is 5. The molecule has 3 rings (SSSR count). The number of methoxy groups -OCH3 is 1. The van der Waals surface area contributed by atoms with Gasteiger partial charge in [-0.25, -0.2) is 0 Å². The zero-order valence-electron chi connectivity index (χ0n) is 35.9. The van der Waals surface area contributed by atoms with Crippen molar-refractivity contribution < 1.29 is 32.5 Å². The van der Waals surface area contributed by atoms with E-state index in [0.717, 1.165) is 22.4 Å². The standard InChI is InChI=1S/C44H74O7Si2/c1-31(2)52(32(3)4,33(5)6)48-26-25-39(29-49-53(34(7)8,35(9)10)36(11)12)42(47-28-38-21-23-40(45-15)24-22-38)43-41(50-44(13,14)51-43)30-46-27-37-19-17-16-18-20-37/h16-25,31-36,41-43H,26-30H2,1-15H3/b39-25+/t41-,42-,43+/m0/s1. The lowest BCUT2D eigenvalue weighted by Crippen LogP contribution is -2.49. The first-order chi connectivity index (χ1) is 24.9. The average molecular weight is 771 g/mol. The highest BCUT2D eigenvalue weighted by atomic mass is 28.4. The van der Waals surface area contributed by atoms with Crippen molar-refractivity contribution >= 4 is 16.6 Å². The van der Waals surface area contributed by atoms with Gasteiger partial charge >= 0.3 is 0 Å². The predicted molar refractivity (Wildman–Crippen MR) is 224 cm³/mol. The second-order valence-corrected chi connectivity index (χ2v) is 28.2. The highest BCUT2D eigenvalue weighted by Gasteiger charge is 2.49. The largest absolute Gasteiger partial charge is 0.497 e. The first-order valence-electron chi connectivity index (χ1n) is 20.1. The molecule has 1 heterocycles. The van der Waals surface area contributed by atoms with Gasteiger partial charge in [-0.05, 0) is 75.9 Å². The Bertz CT molecular complexity index is 1330. The van der Waals surface area contributed by atoms with E-state index in [1.54, 1.807) is 7.11 Å². The molecule has 53 heavy (non-hydrogen) atoms. The molecule has 0 amide bonds. The lowest BCUT2D eigenvalue weighted by atomic mass is 10.00. The van der Waals surface area contributed by atoms with Gasteiger partial charge in [0.15, 0.2) is 5.79 Å². The summed E-state index contributed by atoms with van der Waals surface area (Å²) in [7, 11) is -2.71. The molecule has 1 saturated heterocycles. The zero-order chi connectivity index (χ0) is 39.6. The van der Waals surface area contributed by atoms with Gasteiger partial charge in [-0.2, -0.15) is 0 Å². The number of hydrogen-bond acceptors (Lipinski definition) is 7. The van der Waals surface area contributed by atoms with Gasteiger partial charge in [0.05, 0.1) is 40.1 Å². The van der Waals surface area contributed by atoms with Crippen molar-refractivity contribution in [3.8, 4) is 5.75 Å². The van der Waals surface area contributed by atoms with Gasteiger partial charge in [0, 0.05) is 0 Å². The van der Waals surface area contributed by atoms with Crippen LogP contribution in [0.4, 0.5) is 0 Å². The topological polar surface area (TPSA) is 64.6 Å². The van der Waals surface area contributed by atoms with Crippen LogP contribution in [-0.2, 0) is 41.0 Å². The monoisotopic (exact) mass is 770 g/mol. The normalized spacial score (nSPS) is 19.1. The Balaban J connectivity index is 2.11. The van der Waals surface area contributed by atoms with Gasteiger partial charge in [0.1, 0.15) is 24.1 Å². The quantitative estimate of drug-likeness (QED) is 0.0872. The third-order valence-corrected chi connectivity index (χ3v) is 23.6. The molecule has 0 saturated carbocycles. The number of hydrogen-bond donors (Lipinski definition) is 0. The van der Waals surface area contributed by atoms with E-state index in [0.29, 0.717) is 66.3 Å². The van der Waals surface area contributed by atoms with E-state index in [2.05, 4.69) is 113 Å². The summed E-state index contributed by atoms with van der Waals surface area (Å²) in [4.78, 5) is 0. The van der Waals surface area contributed by atoms with Crippen LogP contribution in [-0.4, -0.2) is 67.7 Å². The van der Waals surface area contributed by atoms with Crippen molar-refractivity contribution in [2.75, 3.05) is 26.9 Å². The van der Waals surface area contributed by atoms with Crippen LogP contribution in [0.5, 0.6) is 5.75 Å². The molecule has 0 bridgehead atoms. The predicted octanol–water partition coefficient (Wildman–Crippen LogP) is 11.6. The van der Waals surface area contributed by atoms with Crippen LogP contribution in [0.15, 0.2) is 66.2 Å². The highest BCUT2D eigenvalue weighted by molar-refractivity contribution is 6.78. The fourth-order valence-electron chi connectivity index (χ4n) is 9.20. The molecule has 0 spiro atoms. The first-order valence-corrected chi connectivity index (χ1v) is 24.4. The average Bonchev–Trinajstić information content (AvgIpc) is 3.39. The van der Waals surface area contributed by atoms with Crippen LogP contribution in [0.25, 0.3) is 0 Å². The van der Waals surface area contributed by atoms with E-state index >= 15 is 0 Å². The summed E-state index contributed by atoms with van der Waals surface area (Å²) in [5.74, 6) is -0.0106. The van der Waals surface area contributed by atoms with Crippen LogP contribution in [0.3, 0.4) is 0 Å².